The number of hydrogen-bond acceptors (Lipinski definition) is 5. The first kappa shape index (κ1) is 14.6. The molecule has 1 N–H and O–H groups in total. The molecule has 3 heterocycles. The highest BCUT2D eigenvalue weighted by molar-refractivity contribution is 5.92. The van der Waals surface area contributed by atoms with E-state index in [0.717, 1.165) is 25.9 Å². The standard InChI is InChI=1S/C15H19N5O2/c1-15(7-2-3-8-22-15)9-17-14(21)12-5-4-6-13(19-12)20-11-16-10-18-20/h4-6,10-11H,2-3,7-9H2,1H3,(H,17,21). The molecule has 1 unspecified atom stereocenters. The minimum Gasteiger partial charge on any atom is -0.373 e. The van der Waals surface area contributed by atoms with E-state index in [2.05, 4.69) is 20.4 Å². The van der Waals surface area contributed by atoms with Gasteiger partial charge in [-0.05, 0) is 38.3 Å². The lowest BCUT2D eigenvalue weighted by molar-refractivity contribution is -0.0619. The molecule has 1 aliphatic heterocycles. The fourth-order valence-electron chi connectivity index (χ4n) is 2.49. The Hall–Kier alpha value is -2.28. The molecule has 0 spiro atoms. The number of pyridine rings is 1. The molecule has 7 heteroatoms. The van der Waals surface area contributed by atoms with Gasteiger partial charge < -0.3 is 10.1 Å². The maximum absolute atomic E-state index is 12.3. The van der Waals surface area contributed by atoms with Crippen molar-refractivity contribution in [3.05, 3.63) is 36.5 Å². The van der Waals surface area contributed by atoms with E-state index in [1.165, 1.54) is 11.0 Å². The van der Waals surface area contributed by atoms with Gasteiger partial charge in [-0.3, -0.25) is 4.79 Å². The van der Waals surface area contributed by atoms with Crippen LogP contribution < -0.4 is 5.32 Å². The molecule has 116 valence electrons. The number of hydrogen-bond donors (Lipinski definition) is 1. The van der Waals surface area contributed by atoms with Crippen LogP contribution in [0.3, 0.4) is 0 Å². The third-order valence-corrected chi connectivity index (χ3v) is 3.79. The number of nitrogens with one attached hydrogen (secondary N) is 1. The molecule has 2 aromatic rings. The van der Waals surface area contributed by atoms with Crippen LogP contribution in [0.15, 0.2) is 30.9 Å². The van der Waals surface area contributed by atoms with E-state index in [4.69, 9.17) is 4.74 Å². The second-order valence-electron chi connectivity index (χ2n) is 5.66. The second kappa shape index (κ2) is 6.23. The molecule has 3 rings (SSSR count). The van der Waals surface area contributed by atoms with Crippen LogP contribution in [0.25, 0.3) is 5.82 Å². The van der Waals surface area contributed by atoms with Crippen molar-refractivity contribution < 1.29 is 9.53 Å². The summed E-state index contributed by atoms with van der Waals surface area (Å²) in [6.45, 7) is 3.28. The Morgan fingerprint density at radius 1 is 1.45 bits per heavy atom. The predicted molar refractivity (Wildman–Crippen MR) is 79.7 cm³/mol. The minimum absolute atomic E-state index is 0.211. The zero-order valence-corrected chi connectivity index (χ0v) is 12.5. The Morgan fingerprint density at radius 3 is 3.09 bits per heavy atom. The first-order chi connectivity index (χ1) is 10.7. The zero-order chi connectivity index (χ0) is 15.4. The number of carbonyl (C=O) groups is 1. The summed E-state index contributed by atoms with van der Waals surface area (Å²) in [5.41, 5.74) is 0.0737. The lowest BCUT2D eigenvalue weighted by atomic mass is 9.96. The van der Waals surface area contributed by atoms with Crippen LogP contribution >= 0.6 is 0 Å². The van der Waals surface area contributed by atoms with E-state index in [1.54, 1.807) is 24.5 Å². The summed E-state index contributed by atoms with van der Waals surface area (Å²) in [7, 11) is 0. The first-order valence-electron chi connectivity index (χ1n) is 7.41. The van der Waals surface area contributed by atoms with Crippen LogP contribution in [0.2, 0.25) is 0 Å². The third kappa shape index (κ3) is 3.30. The molecular formula is C15H19N5O2. The van der Waals surface area contributed by atoms with Crippen molar-refractivity contribution in [2.24, 2.45) is 0 Å². The molecule has 0 saturated carbocycles. The van der Waals surface area contributed by atoms with Crippen LogP contribution in [0, 0.1) is 0 Å². The van der Waals surface area contributed by atoms with Crippen molar-refractivity contribution in [2.75, 3.05) is 13.2 Å². The molecule has 1 atom stereocenters. The summed E-state index contributed by atoms with van der Waals surface area (Å²) >= 11 is 0. The topological polar surface area (TPSA) is 81.9 Å². The Kier molecular flexibility index (Phi) is 4.15. The Morgan fingerprint density at radius 2 is 2.36 bits per heavy atom. The van der Waals surface area contributed by atoms with Crippen LogP contribution in [-0.2, 0) is 4.74 Å². The number of amides is 1. The van der Waals surface area contributed by atoms with E-state index in [0.29, 0.717) is 18.1 Å². The van der Waals surface area contributed by atoms with Gasteiger partial charge in [0.05, 0.1) is 5.60 Å². The molecule has 22 heavy (non-hydrogen) atoms. The average molecular weight is 301 g/mol. The number of nitrogens with zero attached hydrogens (tertiary/aromatic N) is 4. The summed E-state index contributed by atoms with van der Waals surface area (Å²) in [5, 5.41) is 6.92. The fourth-order valence-corrected chi connectivity index (χ4v) is 2.49. The fraction of sp³-hybridized carbons (Fsp3) is 0.467. The molecule has 1 saturated heterocycles. The third-order valence-electron chi connectivity index (χ3n) is 3.79. The molecule has 0 bridgehead atoms. The van der Waals surface area contributed by atoms with Crippen LogP contribution in [0.5, 0.6) is 0 Å². The van der Waals surface area contributed by atoms with Crippen molar-refractivity contribution >= 4 is 5.91 Å². The SMILES string of the molecule is CC1(CNC(=O)c2cccc(-n3cncn3)n2)CCCCO1. The van der Waals surface area contributed by atoms with Crippen molar-refractivity contribution in [3.63, 3.8) is 0 Å². The number of rotatable bonds is 4. The van der Waals surface area contributed by atoms with E-state index >= 15 is 0 Å². The maximum Gasteiger partial charge on any atom is 0.270 e. The van der Waals surface area contributed by atoms with Gasteiger partial charge in [-0.1, -0.05) is 6.07 Å². The molecule has 0 radical (unpaired) electrons. The van der Waals surface area contributed by atoms with Crippen LogP contribution in [0.1, 0.15) is 36.7 Å². The van der Waals surface area contributed by atoms with Crippen LogP contribution in [-0.4, -0.2) is 44.4 Å². The van der Waals surface area contributed by atoms with E-state index in [-0.39, 0.29) is 11.5 Å². The first-order valence-corrected chi connectivity index (χ1v) is 7.41. The normalized spacial score (nSPS) is 21.5. The maximum atomic E-state index is 12.3. The molecule has 0 aliphatic carbocycles. The van der Waals surface area contributed by atoms with Gasteiger partial charge in [0.1, 0.15) is 18.3 Å². The van der Waals surface area contributed by atoms with E-state index < -0.39 is 0 Å². The summed E-state index contributed by atoms with van der Waals surface area (Å²) in [5.74, 6) is 0.350. The van der Waals surface area contributed by atoms with Crippen molar-refractivity contribution in [2.45, 2.75) is 31.8 Å². The summed E-state index contributed by atoms with van der Waals surface area (Å²) in [6, 6.07) is 5.23. The van der Waals surface area contributed by atoms with Gasteiger partial charge in [-0.25, -0.2) is 14.6 Å². The van der Waals surface area contributed by atoms with Gasteiger partial charge in [-0.2, -0.15) is 5.10 Å². The Labute approximate surface area is 128 Å². The summed E-state index contributed by atoms with van der Waals surface area (Å²) in [4.78, 5) is 20.5. The van der Waals surface area contributed by atoms with Crippen LogP contribution in [0.4, 0.5) is 0 Å². The lowest BCUT2D eigenvalue weighted by Gasteiger charge is -2.33. The van der Waals surface area contributed by atoms with E-state index in [1.807, 2.05) is 6.92 Å². The van der Waals surface area contributed by atoms with Crippen molar-refractivity contribution in [1.82, 2.24) is 25.1 Å². The molecule has 2 aromatic heterocycles. The average Bonchev–Trinajstić information content (AvgIpc) is 3.08. The molecule has 1 fully saturated rings. The molecule has 1 aliphatic rings. The smallest absolute Gasteiger partial charge is 0.270 e. The number of aromatic nitrogens is 4. The number of carbonyl (C=O) groups excluding carboxylic acids is 1. The van der Waals surface area contributed by atoms with Gasteiger partial charge in [0, 0.05) is 13.2 Å². The minimum atomic E-state index is -0.280. The molecule has 0 aromatic carbocycles. The molecule has 7 nitrogen and oxygen atoms in total. The van der Waals surface area contributed by atoms with Gasteiger partial charge in [0.15, 0.2) is 5.82 Å². The van der Waals surface area contributed by atoms with E-state index in [9.17, 15) is 4.79 Å². The summed E-state index contributed by atoms with van der Waals surface area (Å²) < 4.78 is 7.29. The van der Waals surface area contributed by atoms with Gasteiger partial charge in [0.2, 0.25) is 0 Å². The quantitative estimate of drug-likeness (QED) is 0.922. The van der Waals surface area contributed by atoms with Gasteiger partial charge >= 0.3 is 0 Å². The highest BCUT2D eigenvalue weighted by Gasteiger charge is 2.28. The predicted octanol–water partition coefficient (Wildman–Crippen LogP) is 1.35. The second-order valence-corrected chi connectivity index (χ2v) is 5.66. The zero-order valence-electron chi connectivity index (χ0n) is 12.5. The lowest BCUT2D eigenvalue weighted by Crippen LogP contribution is -2.44. The highest BCUT2D eigenvalue weighted by Crippen LogP contribution is 2.23. The number of ether oxygens (including phenoxy) is 1. The Balaban J connectivity index is 1.66. The Bertz CT molecular complexity index is 635. The monoisotopic (exact) mass is 301 g/mol. The highest BCUT2D eigenvalue weighted by atomic mass is 16.5. The van der Waals surface area contributed by atoms with Crippen molar-refractivity contribution in [1.29, 1.82) is 0 Å². The van der Waals surface area contributed by atoms with Gasteiger partial charge in [0.25, 0.3) is 5.91 Å². The molecular weight excluding hydrogens is 282 g/mol. The van der Waals surface area contributed by atoms with Crippen molar-refractivity contribution in [3.8, 4) is 5.82 Å². The largest absolute Gasteiger partial charge is 0.373 e. The summed E-state index contributed by atoms with van der Waals surface area (Å²) in [6.07, 6.45) is 6.15. The molecule has 1 amide bonds. The van der Waals surface area contributed by atoms with Gasteiger partial charge in [-0.15, -0.1) is 0 Å².